The summed E-state index contributed by atoms with van der Waals surface area (Å²) < 4.78 is 12.4. The van der Waals surface area contributed by atoms with Crippen molar-refractivity contribution >= 4 is 0 Å². The fourth-order valence-electron chi connectivity index (χ4n) is 2.17. The van der Waals surface area contributed by atoms with Crippen LogP contribution in [0.5, 0.6) is 0 Å². The lowest BCUT2D eigenvalue weighted by atomic mass is 9.99. The van der Waals surface area contributed by atoms with Gasteiger partial charge in [-0.15, -0.1) is 0 Å². The van der Waals surface area contributed by atoms with Gasteiger partial charge in [0.1, 0.15) is 0 Å². The number of rotatable bonds is 4. The van der Waals surface area contributed by atoms with Crippen molar-refractivity contribution in [3.05, 3.63) is 0 Å². The van der Waals surface area contributed by atoms with Gasteiger partial charge < -0.3 is 4.90 Å². The highest BCUT2D eigenvalue weighted by Crippen LogP contribution is 2.26. The van der Waals surface area contributed by atoms with Crippen molar-refractivity contribution in [1.82, 2.24) is 4.90 Å². The van der Waals surface area contributed by atoms with Crippen molar-refractivity contribution in [1.29, 1.82) is 0 Å². The number of alkyl halides is 1. The summed E-state index contributed by atoms with van der Waals surface area (Å²) in [6.07, 6.45) is 3.58. The zero-order valence-electron chi connectivity index (χ0n) is 9.09. The molecule has 1 heterocycles. The van der Waals surface area contributed by atoms with Gasteiger partial charge in [-0.3, -0.25) is 4.39 Å². The molecule has 1 aliphatic heterocycles. The van der Waals surface area contributed by atoms with Crippen LogP contribution >= 0.6 is 0 Å². The topological polar surface area (TPSA) is 3.24 Å². The van der Waals surface area contributed by atoms with E-state index in [1.165, 1.54) is 12.8 Å². The SMILES string of the molecule is CC(C)CCC1CC(CF)CN1C. The van der Waals surface area contributed by atoms with Crippen LogP contribution in [0.4, 0.5) is 4.39 Å². The van der Waals surface area contributed by atoms with E-state index in [-0.39, 0.29) is 6.67 Å². The molecular formula is C11H22FN. The largest absolute Gasteiger partial charge is 0.303 e. The first-order chi connectivity index (χ1) is 6.13. The molecule has 0 spiro atoms. The fourth-order valence-corrected chi connectivity index (χ4v) is 2.17. The van der Waals surface area contributed by atoms with Crippen molar-refractivity contribution in [2.24, 2.45) is 11.8 Å². The third-order valence-corrected chi connectivity index (χ3v) is 3.07. The Morgan fingerprint density at radius 1 is 1.46 bits per heavy atom. The smallest absolute Gasteiger partial charge is 0.0935 e. The van der Waals surface area contributed by atoms with Gasteiger partial charge in [0, 0.05) is 18.5 Å². The molecule has 1 aliphatic rings. The molecule has 0 N–H and O–H groups in total. The maximum absolute atomic E-state index is 12.4. The second-order valence-electron chi connectivity index (χ2n) is 4.82. The van der Waals surface area contributed by atoms with Crippen LogP contribution in [0.25, 0.3) is 0 Å². The van der Waals surface area contributed by atoms with Gasteiger partial charge in [-0.1, -0.05) is 13.8 Å². The van der Waals surface area contributed by atoms with E-state index in [4.69, 9.17) is 0 Å². The summed E-state index contributed by atoms with van der Waals surface area (Å²) in [5.41, 5.74) is 0. The van der Waals surface area contributed by atoms with Gasteiger partial charge in [-0.05, 0) is 32.2 Å². The Morgan fingerprint density at radius 2 is 2.15 bits per heavy atom. The summed E-state index contributed by atoms with van der Waals surface area (Å²) in [4.78, 5) is 2.33. The lowest BCUT2D eigenvalue weighted by Crippen LogP contribution is -2.25. The summed E-state index contributed by atoms with van der Waals surface area (Å²) in [7, 11) is 2.13. The lowest BCUT2D eigenvalue weighted by molar-refractivity contribution is 0.278. The molecule has 0 aromatic heterocycles. The average Bonchev–Trinajstić information content (AvgIpc) is 2.43. The second kappa shape index (κ2) is 4.94. The summed E-state index contributed by atoms with van der Waals surface area (Å²) >= 11 is 0. The first-order valence-electron chi connectivity index (χ1n) is 5.39. The molecular weight excluding hydrogens is 165 g/mol. The van der Waals surface area contributed by atoms with Crippen LogP contribution in [0.2, 0.25) is 0 Å². The zero-order chi connectivity index (χ0) is 9.84. The maximum atomic E-state index is 12.4. The van der Waals surface area contributed by atoms with E-state index >= 15 is 0 Å². The lowest BCUT2D eigenvalue weighted by Gasteiger charge is -2.19. The highest BCUT2D eigenvalue weighted by atomic mass is 19.1. The van der Waals surface area contributed by atoms with E-state index in [9.17, 15) is 4.39 Å². The molecule has 2 atom stereocenters. The van der Waals surface area contributed by atoms with Crippen LogP contribution < -0.4 is 0 Å². The molecule has 1 rings (SSSR count). The van der Waals surface area contributed by atoms with E-state index in [1.807, 2.05) is 0 Å². The van der Waals surface area contributed by atoms with E-state index in [0.29, 0.717) is 12.0 Å². The molecule has 0 saturated carbocycles. The van der Waals surface area contributed by atoms with E-state index in [1.54, 1.807) is 0 Å². The molecule has 0 aromatic rings. The second-order valence-corrected chi connectivity index (χ2v) is 4.82. The molecule has 0 bridgehead atoms. The maximum Gasteiger partial charge on any atom is 0.0935 e. The Labute approximate surface area is 81.3 Å². The van der Waals surface area contributed by atoms with E-state index in [0.717, 1.165) is 18.9 Å². The third kappa shape index (κ3) is 3.26. The van der Waals surface area contributed by atoms with Crippen molar-refractivity contribution in [3.8, 4) is 0 Å². The number of halogens is 1. The van der Waals surface area contributed by atoms with E-state index in [2.05, 4.69) is 25.8 Å². The summed E-state index contributed by atoms with van der Waals surface area (Å²) in [6, 6.07) is 0.642. The van der Waals surface area contributed by atoms with Crippen LogP contribution in [0.1, 0.15) is 33.1 Å². The Balaban J connectivity index is 2.26. The van der Waals surface area contributed by atoms with Crippen LogP contribution in [0.3, 0.4) is 0 Å². The van der Waals surface area contributed by atoms with Crippen LogP contribution in [0.15, 0.2) is 0 Å². The Kier molecular flexibility index (Phi) is 4.17. The normalized spacial score (nSPS) is 30.2. The van der Waals surface area contributed by atoms with Crippen LogP contribution in [-0.2, 0) is 0 Å². The molecule has 0 aliphatic carbocycles. The quantitative estimate of drug-likeness (QED) is 0.654. The summed E-state index contributed by atoms with van der Waals surface area (Å²) in [5.74, 6) is 1.08. The van der Waals surface area contributed by atoms with Gasteiger partial charge in [0.05, 0.1) is 6.67 Å². The van der Waals surface area contributed by atoms with Gasteiger partial charge in [0.25, 0.3) is 0 Å². The molecule has 2 unspecified atom stereocenters. The standard InChI is InChI=1S/C11H22FN/c1-9(2)4-5-11-6-10(7-12)8-13(11)3/h9-11H,4-8H2,1-3H3. The van der Waals surface area contributed by atoms with Gasteiger partial charge in [-0.25, -0.2) is 0 Å². The monoisotopic (exact) mass is 187 g/mol. The van der Waals surface area contributed by atoms with E-state index < -0.39 is 0 Å². The molecule has 1 fully saturated rings. The van der Waals surface area contributed by atoms with Crippen molar-refractivity contribution in [2.75, 3.05) is 20.3 Å². The van der Waals surface area contributed by atoms with Crippen molar-refractivity contribution in [3.63, 3.8) is 0 Å². The third-order valence-electron chi connectivity index (χ3n) is 3.07. The van der Waals surface area contributed by atoms with Gasteiger partial charge in [0.2, 0.25) is 0 Å². The Bertz CT molecular complexity index is 147. The molecule has 0 amide bonds. The number of likely N-dealkylation sites (tertiary alicyclic amines) is 1. The molecule has 0 radical (unpaired) electrons. The minimum atomic E-state index is -0.136. The molecule has 1 saturated heterocycles. The van der Waals surface area contributed by atoms with Crippen molar-refractivity contribution in [2.45, 2.75) is 39.2 Å². The number of hydrogen-bond acceptors (Lipinski definition) is 1. The predicted molar refractivity (Wildman–Crippen MR) is 54.6 cm³/mol. The van der Waals surface area contributed by atoms with Gasteiger partial charge in [0.15, 0.2) is 0 Å². The van der Waals surface area contributed by atoms with Gasteiger partial charge in [-0.2, -0.15) is 0 Å². The molecule has 0 aromatic carbocycles. The van der Waals surface area contributed by atoms with Crippen LogP contribution in [-0.4, -0.2) is 31.2 Å². The average molecular weight is 187 g/mol. The summed E-state index contributed by atoms with van der Waals surface area (Å²) in [5, 5.41) is 0. The minimum absolute atomic E-state index is 0.136. The molecule has 2 heteroatoms. The molecule has 13 heavy (non-hydrogen) atoms. The highest BCUT2D eigenvalue weighted by Gasteiger charge is 2.28. The zero-order valence-corrected chi connectivity index (χ0v) is 9.09. The summed E-state index contributed by atoms with van der Waals surface area (Å²) in [6.45, 7) is 5.32. The first kappa shape index (κ1) is 11.0. The number of nitrogens with zero attached hydrogens (tertiary/aromatic N) is 1. The minimum Gasteiger partial charge on any atom is -0.303 e. The van der Waals surface area contributed by atoms with Crippen LogP contribution in [0, 0.1) is 11.8 Å². The first-order valence-corrected chi connectivity index (χ1v) is 5.39. The predicted octanol–water partition coefficient (Wildman–Crippen LogP) is 2.71. The number of hydrogen-bond donors (Lipinski definition) is 0. The molecule has 78 valence electrons. The Hall–Kier alpha value is -0.110. The highest BCUT2D eigenvalue weighted by molar-refractivity contribution is 4.82. The van der Waals surface area contributed by atoms with Crippen molar-refractivity contribution < 1.29 is 4.39 Å². The van der Waals surface area contributed by atoms with Gasteiger partial charge >= 0.3 is 0 Å². The fraction of sp³-hybridized carbons (Fsp3) is 1.00. The Morgan fingerprint density at radius 3 is 2.62 bits per heavy atom. The molecule has 1 nitrogen and oxygen atoms in total.